The van der Waals surface area contributed by atoms with Gasteiger partial charge in [-0.25, -0.2) is 0 Å². The number of nitrogens with zero attached hydrogens (tertiary/aromatic N) is 2. The van der Waals surface area contributed by atoms with Crippen LogP contribution in [-0.2, 0) is 0 Å². The van der Waals surface area contributed by atoms with E-state index in [-0.39, 0.29) is 11.9 Å². The van der Waals surface area contributed by atoms with Crippen molar-refractivity contribution in [2.75, 3.05) is 4.90 Å². The predicted molar refractivity (Wildman–Crippen MR) is 118 cm³/mol. The lowest BCUT2D eigenvalue weighted by atomic mass is 9.96. The Morgan fingerprint density at radius 3 is 2.31 bits per heavy atom. The number of H-pyrrole nitrogens is 1. The second-order valence-electron chi connectivity index (χ2n) is 7.19. The van der Waals surface area contributed by atoms with Crippen LogP contribution in [-0.4, -0.2) is 16.1 Å². The first-order valence-electron chi connectivity index (χ1n) is 9.43. The summed E-state index contributed by atoms with van der Waals surface area (Å²) in [5.74, 6) is -0.0615. The fraction of sp³-hybridized carbons (Fsp3) is 0.0833. The summed E-state index contributed by atoms with van der Waals surface area (Å²) < 4.78 is 1.00. The average Bonchev–Trinajstić information content (AvgIpc) is 3.29. The van der Waals surface area contributed by atoms with Crippen molar-refractivity contribution in [3.63, 3.8) is 0 Å². The van der Waals surface area contributed by atoms with E-state index in [0.717, 1.165) is 38.1 Å². The van der Waals surface area contributed by atoms with Crippen molar-refractivity contribution in [1.29, 1.82) is 0 Å². The largest absolute Gasteiger partial charge is 0.295 e. The van der Waals surface area contributed by atoms with Crippen molar-refractivity contribution in [1.82, 2.24) is 10.2 Å². The summed E-state index contributed by atoms with van der Waals surface area (Å²) in [7, 11) is 0. The number of aromatic amines is 1. The number of fused-ring (bicyclic) bond motifs is 1. The molecule has 29 heavy (non-hydrogen) atoms. The van der Waals surface area contributed by atoms with Crippen LogP contribution in [0.3, 0.4) is 0 Å². The number of rotatable bonds is 3. The van der Waals surface area contributed by atoms with Gasteiger partial charge in [0.15, 0.2) is 0 Å². The van der Waals surface area contributed by atoms with Crippen molar-refractivity contribution in [3.8, 4) is 11.3 Å². The molecule has 0 saturated carbocycles. The fourth-order valence-electron chi connectivity index (χ4n) is 3.90. The van der Waals surface area contributed by atoms with E-state index in [1.807, 2.05) is 78.6 Å². The molecule has 0 radical (unpaired) electrons. The van der Waals surface area contributed by atoms with Crippen LogP contribution in [0.15, 0.2) is 83.3 Å². The standard InChI is InChI=1S/C24H18BrN3O/c1-15-7-13-19(14-8-15)28-23(17-5-3-2-4-6-17)20-21(26-27-22(20)24(28)29)16-9-11-18(25)12-10-16/h2-14,23H,1H3,(H,26,27)/t23-/m0/s1. The first-order chi connectivity index (χ1) is 14.1. The van der Waals surface area contributed by atoms with Gasteiger partial charge in [0.25, 0.3) is 5.91 Å². The second-order valence-corrected chi connectivity index (χ2v) is 8.11. The van der Waals surface area contributed by atoms with Gasteiger partial charge in [-0.2, -0.15) is 5.10 Å². The Labute approximate surface area is 177 Å². The van der Waals surface area contributed by atoms with Crippen molar-refractivity contribution in [2.45, 2.75) is 13.0 Å². The number of hydrogen-bond donors (Lipinski definition) is 1. The lowest BCUT2D eigenvalue weighted by molar-refractivity contribution is 0.0989. The molecular weight excluding hydrogens is 426 g/mol. The topological polar surface area (TPSA) is 49.0 Å². The molecular formula is C24H18BrN3O. The zero-order valence-electron chi connectivity index (χ0n) is 15.8. The maximum absolute atomic E-state index is 13.4. The third-order valence-electron chi connectivity index (χ3n) is 5.31. The Kier molecular flexibility index (Phi) is 4.32. The molecule has 1 aromatic heterocycles. The highest BCUT2D eigenvalue weighted by molar-refractivity contribution is 9.10. The molecule has 2 heterocycles. The molecule has 5 heteroatoms. The summed E-state index contributed by atoms with van der Waals surface area (Å²) in [5.41, 5.74) is 6.35. The number of aromatic nitrogens is 2. The predicted octanol–water partition coefficient (Wildman–Crippen LogP) is 5.90. The molecule has 1 atom stereocenters. The summed E-state index contributed by atoms with van der Waals surface area (Å²) >= 11 is 3.48. The first kappa shape index (κ1) is 17.9. The van der Waals surface area contributed by atoms with Gasteiger partial charge in [-0.15, -0.1) is 0 Å². The van der Waals surface area contributed by atoms with E-state index in [9.17, 15) is 4.79 Å². The van der Waals surface area contributed by atoms with Crippen LogP contribution in [0.2, 0.25) is 0 Å². The third kappa shape index (κ3) is 2.98. The maximum Gasteiger partial charge on any atom is 0.277 e. The van der Waals surface area contributed by atoms with Crippen LogP contribution in [0, 0.1) is 6.92 Å². The van der Waals surface area contributed by atoms with Crippen molar-refractivity contribution < 1.29 is 4.79 Å². The van der Waals surface area contributed by atoms with E-state index < -0.39 is 0 Å². The molecule has 1 amide bonds. The molecule has 142 valence electrons. The van der Waals surface area contributed by atoms with Gasteiger partial charge in [0.1, 0.15) is 5.69 Å². The number of amides is 1. The Morgan fingerprint density at radius 2 is 1.62 bits per heavy atom. The van der Waals surface area contributed by atoms with Gasteiger partial charge in [0, 0.05) is 21.3 Å². The van der Waals surface area contributed by atoms with E-state index in [1.165, 1.54) is 0 Å². The lowest BCUT2D eigenvalue weighted by Gasteiger charge is -2.26. The first-order valence-corrected chi connectivity index (χ1v) is 10.2. The van der Waals surface area contributed by atoms with E-state index in [1.54, 1.807) is 0 Å². The SMILES string of the molecule is Cc1ccc(N2C(=O)c3[nH]nc(-c4ccc(Br)cc4)c3[C@@H]2c2ccccc2)cc1. The monoisotopic (exact) mass is 443 g/mol. The molecule has 0 bridgehead atoms. The Balaban J connectivity index is 1.71. The summed E-state index contributed by atoms with van der Waals surface area (Å²) in [4.78, 5) is 15.3. The molecule has 1 N–H and O–H groups in total. The number of aryl methyl sites for hydroxylation is 1. The molecule has 4 aromatic rings. The normalized spacial score (nSPS) is 15.6. The van der Waals surface area contributed by atoms with Crippen molar-refractivity contribution >= 4 is 27.5 Å². The lowest BCUT2D eigenvalue weighted by Crippen LogP contribution is -2.29. The molecule has 1 aliphatic rings. The van der Waals surface area contributed by atoms with Crippen molar-refractivity contribution in [3.05, 3.63) is 106 Å². The average molecular weight is 444 g/mol. The van der Waals surface area contributed by atoms with Gasteiger partial charge in [0.2, 0.25) is 0 Å². The van der Waals surface area contributed by atoms with Gasteiger partial charge in [0.05, 0.1) is 11.7 Å². The van der Waals surface area contributed by atoms with Crippen LogP contribution in [0.1, 0.15) is 33.2 Å². The zero-order valence-corrected chi connectivity index (χ0v) is 17.3. The van der Waals surface area contributed by atoms with Crippen LogP contribution in [0.25, 0.3) is 11.3 Å². The minimum absolute atomic E-state index is 0.0615. The van der Waals surface area contributed by atoms with Crippen LogP contribution in [0.5, 0.6) is 0 Å². The summed E-state index contributed by atoms with van der Waals surface area (Å²) in [6.45, 7) is 2.04. The molecule has 4 nitrogen and oxygen atoms in total. The molecule has 0 unspecified atom stereocenters. The van der Waals surface area contributed by atoms with Gasteiger partial charge in [-0.3, -0.25) is 14.8 Å². The highest BCUT2D eigenvalue weighted by atomic mass is 79.9. The van der Waals surface area contributed by atoms with Crippen LogP contribution >= 0.6 is 15.9 Å². The van der Waals surface area contributed by atoms with Gasteiger partial charge in [-0.1, -0.05) is 76.1 Å². The molecule has 0 fully saturated rings. The molecule has 5 rings (SSSR count). The smallest absolute Gasteiger partial charge is 0.277 e. The fourth-order valence-corrected chi connectivity index (χ4v) is 4.16. The van der Waals surface area contributed by atoms with E-state index in [0.29, 0.717) is 5.69 Å². The molecule has 0 aliphatic carbocycles. The third-order valence-corrected chi connectivity index (χ3v) is 5.84. The van der Waals surface area contributed by atoms with E-state index in [2.05, 4.69) is 38.3 Å². The quantitative estimate of drug-likeness (QED) is 0.428. The number of anilines is 1. The number of hydrogen-bond acceptors (Lipinski definition) is 2. The summed E-state index contributed by atoms with van der Waals surface area (Å²) in [6.07, 6.45) is 0. The number of halogens is 1. The zero-order chi connectivity index (χ0) is 20.0. The summed E-state index contributed by atoms with van der Waals surface area (Å²) in [6, 6.07) is 26.0. The second kappa shape index (κ2) is 7.01. The van der Waals surface area contributed by atoms with Gasteiger partial charge in [-0.05, 0) is 36.8 Å². The maximum atomic E-state index is 13.4. The van der Waals surface area contributed by atoms with Gasteiger partial charge >= 0.3 is 0 Å². The number of benzene rings is 3. The van der Waals surface area contributed by atoms with E-state index >= 15 is 0 Å². The highest BCUT2D eigenvalue weighted by Gasteiger charge is 2.42. The number of nitrogens with one attached hydrogen (secondary N) is 1. The molecule has 1 aliphatic heterocycles. The number of carbonyl (C=O) groups is 1. The molecule has 0 saturated heterocycles. The number of carbonyl (C=O) groups excluding carboxylic acids is 1. The van der Waals surface area contributed by atoms with Crippen LogP contribution < -0.4 is 4.90 Å². The van der Waals surface area contributed by atoms with Crippen molar-refractivity contribution in [2.24, 2.45) is 0 Å². The highest BCUT2D eigenvalue weighted by Crippen LogP contribution is 2.45. The Bertz CT molecular complexity index is 1180. The summed E-state index contributed by atoms with van der Waals surface area (Å²) in [5, 5.41) is 7.53. The van der Waals surface area contributed by atoms with Crippen LogP contribution in [0.4, 0.5) is 5.69 Å². The minimum atomic E-state index is -0.237. The Morgan fingerprint density at radius 1 is 0.931 bits per heavy atom. The minimum Gasteiger partial charge on any atom is -0.295 e. The Hall–Kier alpha value is -3.18. The van der Waals surface area contributed by atoms with E-state index in [4.69, 9.17) is 0 Å². The molecule has 0 spiro atoms. The molecule has 3 aromatic carbocycles. The van der Waals surface area contributed by atoms with Gasteiger partial charge < -0.3 is 0 Å².